The molecule has 0 unspecified atom stereocenters. The van der Waals surface area contributed by atoms with Crippen molar-refractivity contribution < 1.29 is 28.8 Å². The number of halogens is 2. The van der Waals surface area contributed by atoms with Crippen LogP contribution in [0, 0.1) is 0 Å². The lowest BCUT2D eigenvalue weighted by Crippen LogP contribution is -2.15. The molecule has 0 atom stereocenters. The lowest BCUT2D eigenvalue weighted by molar-refractivity contribution is 0.0240. The Kier molecular flexibility index (Phi) is 4.74. The number of hydrogen-bond acceptors (Lipinski definition) is 8. The number of ether oxygens (including phenoxy) is 2. The quantitative estimate of drug-likeness (QED) is 0.617. The molecule has 2 aliphatic heterocycles. The van der Waals surface area contributed by atoms with Crippen LogP contribution in [0.2, 0.25) is 0 Å². The molecule has 4 rings (SSSR count). The minimum Gasteiger partial charge on any atom is -0.493 e. The van der Waals surface area contributed by atoms with Crippen LogP contribution in [-0.4, -0.2) is 14.2 Å². The zero-order valence-electron chi connectivity index (χ0n) is 13.8. The molecule has 26 heavy (non-hydrogen) atoms. The van der Waals surface area contributed by atoms with Gasteiger partial charge in [0.25, 0.3) is 0 Å². The molecule has 2 heterocycles. The van der Waals surface area contributed by atoms with Crippen molar-refractivity contribution in [1.29, 1.82) is 0 Å². The molecule has 2 aliphatic rings. The molecule has 0 saturated carbocycles. The third kappa shape index (κ3) is 2.56. The summed E-state index contributed by atoms with van der Waals surface area (Å²) in [7, 11) is 3.15. The van der Waals surface area contributed by atoms with E-state index in [1.54, 1.807) is 14.2 Å². The highest BCUT2D eigenvalue weighted by Gasteiger charge is 2.34. The summed E-state index contributed by atoms with van der Waals surface area (Å²) < 4.78 is 10.8. The first kappa shape index (κ1) is 17.5. The van der Waals surface area contributed by atoms with E-state index in [9.17, 15) is 0 Å². The molecule has 0 aliphatic carbocycles. The summed E-state index contributed by atoms with van der Waals surface area (Å²) >= 11 is 7.07. The molecule has 0 radical (unpaired) electrons. The SMILES string of the molecule is COc1cc(CBr)c(-c2c(CBr)cc(OC)c3c2ONO3)c2c1ONO2. The van der Waals surface area contributed by atoms with Gasteiger partial charge in [0.1, 0.15) is 0 Å². The molecule has 0 spiro atoms. The average molecular weight is 490 g/mol. The lowest BCUT2D eigenvalue weighted by atomic mass is 9.93. The van der Waals surface area contributed by atoms with Crippen molar-refractivity contribution in [3.05, 3.63) is 23.3 Å². The molecule has 2 aromatic carbocycles. The van der Waals surface area contributed by atoms with Crippen molar-refractivity contribution >= 4 is 31.9 Å². The van der Waals surface area contributed by atoms with E-state index in [4.69, 9.17) is 28.8 Å². The molecule has 0 bridgehead atoms. The highest BCUT2D eigenvalue weighted by Crippen LogP contribution is 2.56. The first-order valence-corrected chi connectivity index (χ1v) is 9.75. The van der Waals surface area contributed by atoms with Crippen molar-refractivity contribution in [2.24, 2.45) is 0 Å². The predicted octanol–water partition coefficient (Wildman–Crippen LogP) is 3.54. The van der Waals surface area contributed by atoms with Crippen LogP contribution in [0.1, 0.15) is 11.1 Å². The van der Waals surface area contributed by atoms with Gasteiger partial charge in [-0.25, -0.2) is 0 Å². The highest BCUT2D eigenvalue weighted by atomic mass is 79.9. The number of fused-ring (bicyclic) bond motifs is 2. The molecule has 138 valence electrons. The van der Waals surface area contributed by atoms with E-state index in [0.29, 0.717) is 45.2 Å². The maximum absolute atomic E-state index is 5.55. The number of rotatable bonds is 5. The van der Waals surface area contributed by atoms with Crippen LogP contribution in [0.25, 0.3) is 11.1 Å². The average Bonchev–Trinajstić information content (AvgIpc) is 3.35. The van der Waals surface area contributed by atoms with E-state index in [0.717, 1.165) is 22.3 Å². The summed E-state index contributed by atoms with van der Waals surface area (Å²) in [4.78, 5) is 21.9. The van der Waals surface area contributed by atoms with Gasteiger partial charge >= 0.3 is 0 Å². The Labute approximate surface area is 165 Å². The summed E-state index contributed by atoms with van der Waals surface area (Å²) in [5, 5.41) is 1.12. The van der Waals surface area contributed by atoms with Gasteiger partial charge in [-0.2, -0.15) is 0 Å². The fourth-order valence-electron chi connectivity index (χ4n) is 2.99. The second-order valence-electron chi connectivity index (χ2n) is 5.38. The van der Waals surface area contributed by atoms with Crippen LogP contribution >= 0.6 is 31.9 Å². The number of hydrogen-bond donors (Lipinski definition) is 2. The molecule has 0 fully saturated rings. The Balaban J connectivity index is 2.06. The summed E-state index contributed by atoms with van der Waals surface area (Å²) in [6.07, 6.45) is 0. The van der Waals surface area contributed by atoms with Crippen LogP contribution in [-0.2, 0) is 10.7 Å². The summed E-state index contributed by atoms with van der Waals surface area (Å²) in [6.45, 7) is 0. The highest BCUT2D eigenvalue weighted by molar-refractivity contribution is 9.08. The van der Waals surface area contributed by atoms with Gasteiger partial charge in [-0.3, -0.25) is 0 Å². The number of nitrogens with one attached hydrogen (secondary N) is 2. The first-order valence-electron chi connectivity index (χ1n) is 7.50. The van der Waals surface area contributed by atoms with Crippen molar-refractivity contribution in [1.82, 2.24) is 11.3 Å². The zero-order chi connectivity index (χ0) is 18.3. The Morgan fingerprint density at radius 3 is 1.46 bits per heavy atom. The third-order valence-electron chi connectivity index (χ3n) is 4.12. The number of alkyl halides is 2. The zero-order valence-corrected chi connectivity index (χ0v) is 16.9. The molecule has 0 saturated heterocycles. The van der Waals surface area contributed by atoms with Gasteiger partial charge in [-0.05, 0) is 23.3 Å². The van der Waals surface area contributed by atoms with Crippen molar-refractivity contribution in [3.63, 3.8) is 0 Å². The fourth-order valence-corrected chi connectivity index (χ4v) is 3.88. The third-order valence-corrected chi connectivity index (χ3v) is 5.33. The van der Waals surface area contributed by atoms with Crippen LogP contribution in [0.4, 0.5) is 0 Å². The molecular formula is C16H14Br2N2O6. The van der Waals surface area contributed by atoms with Crippen molar-refractivity contribution in [2.45, 2.75) is 10.7 Å². The van der Waals surface area contributed by atoms with Gasteiger partial charge < -0.3 is 28.8 Å². The van der Waals surface area contributed by atoms with E-state index < -0.39 is 0 Å². The van der Waals surface area contributed by atoms with Gasteiger partial charge in [0.15, 0.2) is 11.5 Å². The fraction of sp³-hybridized carbons (Fsp3) is 0.250. The Bertz CT molecular complexity index is 805. The second-order valence-corrected chi connectivity index (χ2v) is 6.51. The van der Waals surface area contributed by atoms with Gasteiger partial charge in [-0.1, -0.05) is 31.9 Å². The molecule has 0 amide bonds. The van der Waals surface area contributed by atoms with Gasteiger partial charge in [0.2, 0.25) is 23.0 Å². The molecule has 0 aromatic heterocycles. The Morgan fingerprint density at radius 2 is 1.12 bits per heavy atom. The summed E-state index contributed by atoms with van der Waals surface area (Å²) in [5.41, 5.74) is 8.31. The predicted molar refractivity (Wildman–Crippen MR) is 99.0 cm³/mol. The minimum absolute atomic E-state index is 0.462. The normalized spacial score (nSPS) is 13.8. The number of methoxy groups -OCH3 is 2. The molecule has 2 aromatic rings. The minimum atomic E-state index is 0.462. The van der Waals surface area contributed by atoms with Crippen LogP contribution in [0.3, 0.4) is 0 Å². The van der Waals surface area contributed by atoms with E-state index in [1.807, 2.05) is 12.1 Å². The van der Waals surface area contributed by atoms with Gasteiger partial charge in [0, 0.05) is 33.1 Å². The molecule has 8 nitrogen and oxygen atoms in total. The number of benzene rings is 2. The summed E-state index contributed by atoms with van der Waals surface area (Å²) in [5.74, 6) is 3.05. The molecule has 2 N–H and O–H groups in total. The van der Waals surface area contributed by atoms with Crippen LogP contribution < -0.4 is 40.1 Å². The van der Waals surface area contributed by atoms with E-state index in [-0.39, 0.29) is 0 Å². The van der Waals surface area contributed by atoms with Crippen LogP contribution in [0.5, 0.6) is 34.5 Å². The monoisotopic (exact) mass is 488 g/mol. The topological polar surface area (TPSA) is 79.4 Å². The van der Waals surface area contributed by atoms with Crippen molar-refractivity contribution in [2.75, 3.05) is 14.2 Å². The maximum atomic E-state index is 5.55. The van der Waals surface area contributed by atoms with Gasteiger partial charge in [0.05, 0.1) is 14.2 Å². The lowest BCUT2D eigenvalue weighted by Gasteiger charge is -2.17. The van der Waals surface area contributed by atoms with E-state index in [2.05, 4.69) is 43.1 Å². The van der Waals surface area contributed by atoms with Crippen LogP contribution in [0.15, 0.2) is 12.1 Å². The second kappa shape index (κ2) is 7.03. The standard InChI is InChI=1S/C16H14Br2N2O6/c1-21-9-3-7(5-17)11(15-13(9)23-19-25-15)12-8(6-18)4-10(22-2)14-16(12)26-20-24-14/h3-4,19-20H,5-6H2,1-2H3. The Morgan fingerprint density at radius 1 is 0.731 bits per heavy atom. The molecular weight excluding hydrogens is 476 g/mol. The van der Waals surface area contributed by atoms with Crippen molar-refractivity contribution in [3.8, 4) is 45.6 Å². The van der Waals surface area contributed by atoms with E-state index in [1.165, 1.54) is 0 Å². The smallest absolute Gasteiger partial charge is 0.238 e. The first-order chi connectivity index (χ1) is 12.7. The van der Waals surface area contributed by atoms with E-state index >= 15 is 0 Å². The Hall–Kier alpha value is -1.88. The molecule has 10 heteroatoms. The summed E-state index contributed by atoms with van der Waals surface area (Å²) in [6, 6.07) is 3.77. The van der Waals surface area contributed by atoms with Gasteiger partial charge in [-0.15, -0.1) is 0 Å². The maximum Gasteiger partial charge on any atom is 0.238 e. The largest absolute Gasteiger partial charge is 0.493 e.